The van der Waals surface area contributed by atoms with Crippen molar-refractivity contribution < 1.29 is 4.74 Å². The number of halogens is 4. The van der Waals surface area contributed by atoms with E-state index in [1.165, 1.54) is 19.4 Å². The van der Waals surface area contributed by atoms with E-state index in [0.29, 0.717) is 5.56 Å². The van der Waals surface area contributed by atoms with Gasteiger partial charge in [0.15, 0.2) is 0 Å². The predicted molar refractivity (Wildman–Crippen MR) is 55.0 cm³/mol. The van der Waals surface area contributed by atoms with Crippen LogP contribution in [-0.2, 0) is 3.79 Å². The average molecular weight is 261 g/mol. The monoisotopic (exact) mass is 259 g/mol. The summed E-state index contributed by atoms with van der Waals surface area (Å²) in [5, 5.41) is 0.213. The number of hydrogen-bond donors (Lipinski definition) is 0. The fourth-order valence-corrected chi connectivity index (χ4v) is 1.73. The van der Waals surface area contributed by atoms with Gasteiger partial charge in [-0.2, -0.15) is 0 Å². The summed E-state index contributed by atoms with van der Waals surface area (Å²) in [5.74, 6) is 0.241. The molecular weight excluding hydrogens is 256 g/mol. The van der Waals surface area contributed by atoms with Crippen LogP contribution in [-0.4, -0.2) is 12.1 Å². The van der Waals surface area contributed by atoms with Gasteiger partial charge < -0.3 is 4.74 Å². The Hall–Kier alpha value is 0.110. The van der Waals surface area contributed by atoms with Gasteiger partial charge in [-0.15, -0.1) is 0 Å². The van der Waals surface area contributed by atoms with Gasteiger partial charge in [-0.05, 0) is 6.07 Å². The molecule has 13 heavy (non-hydrogen) atoms. The second kappa shape index (κ2) is 4.09. The largest absolute Gasteiger partial charge is 0.480 e. The van der Waals surface area contributed by atoms with Gasteiger partial charge >= 0.3 is 0 Å². The lowest BCUT2D eigenvalue weighted by atomic mass is 10.3. The quantitative estimate of drug-likeness (QED) is 0.721. The Bertz CT molecular complexity index is 310. The van der Waals surface area contributed by atoms with Crippen molar-refractivity contribution in [2.24, 2.45) is 0 Å². The average Bonchev–Trinajstić information content (AvgIpc) is 2.02. The SMILES string of the molecule is COc1nccc(C(Cl)(Cl)Cl)c1Cl. The van der Waals surface area contributed by atoms with Crippen LogP contribution in [0.25, 0.3) is 0 Å². The predicted octanol–water partition coefficient (Wildman–Crippen LogP) is 3.57. The van der Waals surface area contributed by atoms with Crippen LogP contribution in [0, 0.1) is 0 Å². The van der Waals surface area contributed by atoms with Gasteiger partial charge in [0.2, 0.25) is 9.67 Å². The summed E-state index contributed by atoms with van der Waals surface area (Å²) in [6.07, 6.45) is 1.46. The number of rotatable bonds is 1. The minimum absolute atomic E-state index is 0.213. The Labute approximate surface area is 95.7 Å². The van der Waals surface area contributed by atoms with Crippen LogP contribution < -0.4 is 4.74 Å². The van der Waals surface area contributed by atoms with E-state index >= 15 is 0 Å². The molecule has 2 nitrogen and oxygen atoms in total. The first-order valence-corrected chi connectivity index (χ1v) is 4.73. The first kappa shape index (κ1) is 11.2. The molecule has 1 rings (SSSR count). The summed E-state index contributed by atoms with van der Waals surface area (Å²) in [4.78, 5) is 3.84. The smallest absolute Gasteiger partial charge is 0.232 e. The van der Waals surface area contributed by atoms with Crippen molar-refractivity contribution in [1.29, 1.82) is 0 Å². The highest BCUT2D eigenvalue weighted by atomic mass is 35.6. The van der Waals surface area contributed by atoms with Gasteiger partial charge in [-0.3, -0.25) is 0 Å². The van der Waals surface area contributed by atoms with E-state index in [1.54, 1.807) is 0 Å². The molecule has 0 saturated heterocycles. The standard InChI is InChI=1S/C7H5Cl4NO/c1-13-6-5(8)4(2-3-12-6)7(9,10)11/h2-3H,1H3. The molecule has 0 aliphatic heterocycles. The van der Waals surface area contributed by atoms with E-state index in [4.69, 9.17) is 51.1 Å². The van der Waals surface area contributed by atoms with Crippen molar-refractivity contribution in [2.45, 2.75) is 3.79 Å². The zero-order valence-corrected chi connectivity index (χ0v) is 9.55. The summed E-state index contributed by atoms with van der Waals surface area (Å²) in [6, 6.07) is 1.53. The van der Waals surface area contributed by atoms with Crippen LogP contribution >= 0.6 is 46.4 Å². The van der Waals surface area contributed by atoms with Gasteiger partial charge in [0.25, 0.3) is 0 Å². The van der Waals surface area contributed by atoms with Gasteiger partial charge in [-0.1, -0.05) is 46.4 Å². The number of nitrogens with zero attached hydrogens (tertiary/aromatic N) is 1. The van der Waals surface area contributed by atoms with Crippen molar-refractivity contribution in [1.82, 2.24) is 4.98 Å². The van der Waals surface area contributed by atoms with E-state index in [1.807, 2.05) is 0 Å². The zero-order valence-electron chi connectivity index (χ0n) is 6.52. The maximum absolute atomic E-state index is 5.85. The summed E-state index contributed by atoms with van der Waals surface area (Å²) in [6.45, 7) is 0. The normalized spacial score (nSPS) is 11.5. The van der Waals surface area contributed by atoms with E-state index < -0.39 is 3.79 Å². The molecule has 0 spiro atoms. The van der Waals surface area contributed by atoms with Crippen molar-refractivity contribution in [2.75, 3.05) is 7.11 Å². The van der Waals surface area contributed by atoms with Crippen LogP contribution in [0.15, 0.2) is 12.3 Å². The summed E-state index contributed by atoms with van der Waals surface area (Å²) in [7, 11) is 1.44. The summed E-state index contributed by atoms with van der Waals surface area (Å²) in [5.41, 5.74) is 0.353. The third kappa shape index (κ3) is 2.53. The van der Waals surface area contributed by atoms with E-state index in [0.717, 1.165) is 0 Å². The number of methoxy groups -OCH3 is 1. The second-order valence-corrected chi connectivity index (χ2v) is 4.84. The highest BCUT2D eigenvalue weighted by molar-refractivity contribution is 6.67. The first-order chi connectivity index (χ1) is 5.96. The molecule has 72 valence electrons. The fraction of sp³-hybridized carbons (Fsp3) is 0.286. The molecule has 1 heterocycles. The fourth-order valence-electron chi connectivity index (χ4n) is 0.786. The minimum atomic E-state index is -1.56. The highest BCUT2D eigenvalue weighted by Crippen LogP contribution is 2.43. The molecule has 0 radical (unpaired) electrons. The Morgan fingerprint density at radius 2 is 2.00 bits per heavy atom. The van der Waals surface area contributed by atoms with E-state index in [9.17, 15) is 0 Å². The molecule has 0 aliphatic carbocycles. The molecule has 0 fully saturated rings. The molecule has 0 aliphatic rings. The summed E-state index contributed by atoms with van der Waals surface area (Å²) < 4.78 is 3.30. The number of pyridine rings is 1. The molecule has 0 bridgehead atoms. The molecular formula is C7H5Cl4NO. The van der Waals surface area contributed by atoms with Crippen LogP contribution in [0.3, 0.4) is 0 Å². The Morgan fingerprint density at radius 1 is 1.38 bits per heavy atom. The lowest BCUT2D eigenvalue weighted by Crippen LogP contribution is -2.03. The molecule has 0 aromatic carbocycles. The van der Waals surface area contributed by atoms with E-state index in [2.05, 4.69) is 4.98 Å². The molecule has 6 heteroatoms. The molecule has 0 unspecified atom stereocenters. The third-order valence-corrected chi connectivity index (χ3v) is 2.33. The second-order valence-electron chi connectivity index (χ2n) is 2.18. The molecule has 0 saturated carbocycles. The van der Waals surface area contributed by atoms with Crippen LogP contribution in [0.1, 0.15) is 5.56 Å². The molecule has 0 N–H and O–H groups in total. The molecule has 1 aromatic heterocycles. The van der Waals surface area contributed by atoms with Crippen molar-refractivity contribution in [3.8, 4) is 5.88 Å². The van der Waals surface area contributed by atoms with Crippen LogP contribution in [0.5, 0.6) is 5.88 Å². The number of alkyl halides is 3. The molecule has 1 aromatic rings. The van der Waals surface area contributed by atoms with Gasteiger partial charge in [-0.25, -0.2) is 4.98 Å². The highest BCUT2D eigenvalue weighted by Gasteiger charge is 2.27. The topological polar surface area (TPSA) is 22.1 Å². The molecule has 0 atom stereocenters. The van der Waals surface area contributed by atoms with Gasteiger partial charge in [0.1, 0.15) is 5.02 Å². The van der Waals surface area contributed by atoms with Crippen LogP contribution in [0.2, 0.25) is 5.02 Å². The van der Waals surface area contributed by atoms with Crippen molar-refractivity contribution in [3.63, 3.8) is 0 Å². The maximum atomic E-state index is 5.85. The minimum Gasteiger partial charge on any atom is -0.480 e. The van der Waals surface area contributed by atoms with Gasteiger partial charge in [0.05, 0.1) is 7.11 Å². The molecule has 0 amide bonds. The Kier molecular flexibility index (Phi) is 3.52. The van der Waals surface area contributed by atoms with Crippen molar-refractivity contribution >= 4 is 46.4 Å². The van der Waals surface area contributed by atoms with Gasteiger partial charge in [0, 0.05) is 11.8 Å². The number of ether oxygens (including phenoxy) is 1. The zero-order chi connectivity index (χ0) is 10.1. The third-order valence-electron chi connectivity index (χ3n) is 1.36. The maximum Gasteiger partial charge on any atom is 0.232 e. The van der Waals surface area contributed by atoms with Crippen molar-refractivity contribution in [3.05, 3.63) is 22.8 Å². The number of aromatic nitrogens is 1. The summed E-state index contributed by atoms with van der Waals surface area (Å²) >= 11 is 22.8. The lowest BCUT2D eigenvalue weighted by Gasteiger charge is -2.13. The van der Waals surface area contributed by atoms with E-state index in [-0.39, 0.29) is 10.9 Å². The number of hydrogen-bond acceptors (Lipinski definition) is 2. The Morgan fingerprint density at radius 3 is 2.46 bits per heavy atom. The first-order valence-electron chi connectivity index (χ1n) is 3.22. The van der Waals surface area contributed by atoms with Crippen LogP contribution in [0.4, 0.5) is 0 Å². The lowest BCUT2D eigenvalue weighted by molar-refractivity contribution is 0.397. The Balaban J connectivity index is 3.24.